The van der Waals surface area contributed by atoms with E-state index in [1.165, 1.54) is 6.07 Å². The van der Waals surface area contributed by atoms with Gasteiger partial charge in [-0.15, -0.1) is 0 Å². The maximum Gasteiger partial charge on any atom is 0.347 e. The van der Waals surface area contributed by atoms with E-state index in [1.807, 2.05) is 0 Å². The predicted molar refractivity (Wildman–Crippen MR) is 133 cm³/mol. The summed E-state index contributed by atoms with van der Waals surface area (Å²) < 4.78 is 11.1. The molecule has 2 heterocycles. The van der Waals surface area contributed by atoms with E-state index in [0.29, 0.717) is 32.9 Å². The lowest BCUT2D eigenvalue weighted by Gasteiger charge is -2.23. The molecule has 4 aromatic rings. The summed E-state index contributed by atoms with van der Waals surface area (Å²) >= 11 is 6.03. The lowest BCUT2D eigenvalue weighted by Crippen LogP contribution is -2.41. The van der Waals surface area contributed by atoms with E-state index in [-0.39, 0.29) is 17.8 Å². The highest BCUT2D eigenvalue weighted by Gasteiger charge is 2.89. The summed E-state index contributed by atoms with van der Waals surface area (Å²) in [6.07, 6.45) is 0.174. The Bertz CT molecular complexity index is 1650. The summed E-state index contributed by atoms with van der Waals surface area (Å²) in [6, 6.07) is 21.4. The minimum absolute atomic E-state index is 0.174. The van der Waals surface area contributed by atoms with Crippen LogP contribution in [0, 0.1) is 10.8 Å². The fourth-order valence-corrected chi connectivity index (χ4v) is 6.12. The number of hydrogen-bond acceptors (Lipinski definition) is 6. The molecule has 3 atom stereocenters. The molecule has 1 fully saturated rings. The van der Waals surface area contributed by atoms with Crippen molar-refractivity contribution in [3.8, 4) is 5.75 Å². The molecule has 1 aliphatic heterocycles. The number of benzene rings is 3. The van der Waals surface area contributed by atoms with Crippen LogP contribution in [-0.2, 0) is 4.79 Å². The van der Waals surface area contributed by atoms with Gasteiger partial charge in [0, 0.05) is 27.5 Å². The molecule has 7 heteroatoms. The maximum absolute atomic E-state index is 14.3. The smallest absolute Gasteiger partial charge is 0.347 e. The van der Waals surface area contributed by atoms with Crippen molar-refractivity contribution in [1.29, 1.82) is 0 Å². The lowest BCUT2D eigenvalue weighted by atomic mass is 9.79. The van der Waals surface area contributed by atoms with Crippen LogP contribution in [0.1, 0.15) is 45.5 Å². The van der Waals surface area contributed by atoms with Gasteiger partial charge in [-0.1, -0.05) is 54.9 Å². The molecule has 36 heavy (non-hydrogen) atoms. The molecule has 178 valence electrons. The lowest BCUT2D eigenvalue weighted by molar-refractivity contribution is -0.140. The monoisotopic (exact) mass is 498 g/mol. The number of Topliss-reactive ketones (excluding diaryl/α,β-unsaturated/α-hetero) is 2. The standard InChI is InChI=1S/C29H19ClO6/c1-2-28(24(31)16-11-13-18(30)14-12-16)23-19-8-4-6-10-22(19)36-27(34)29(23,28)25(32)20-15-17-7-3-5-9-21(17)35-26(20)33/h3-15,23H,2H2,1H3/t23-,28+,29-/m0/s1. The zero-order valence-corrected chi connectivity index (χ0v) is 19.9. The molecule has 0 unspecified atom stereocenters. The summed E-state index contributed by atoms with van der Waals surface area (Å²) in [7, 11) is 0. The Morgan fingerprint density at radius 1 is 0.917 bits per heavy atom. The highest BCUT2D eigenvalue weighted by Crippen LogP contribution is 2.80. The van der Waals surface area contributed by atoms with E-state index in [2.05, 4.69) is 0 Å². The zero-order chi connectivity index (χ0) is 25.2. The quantitative estimate of drug-likeness (QED) is 0.117. The first-order chi connectivity index (χ1) is 17.4. The number of esters is 1. The van der Waals surface area contributed by atoms with Crippen LogP contribution >= 0.6 is 11.6 Å². The van der Waals surface area contributed by atoms with Gasteiger partial charge in [0.25, 0.3) is 0 Å². The number of para-hydroxylation sites is 2. The van der Waals surface area contributed by atoms with Crippen LogP contribution in [0.15, 0.2) is 88.1 Å². The second kappa shape index (κ2) is 7.73. The van der Waals surface area contributed by atoms with Crippen molar-refractivity contribution in [2.75, 3.05) is 0 Å². The van der Waals surface area contributed by atoms with Crippen molar-refractivity contribution in [2.24, 2.45) is 10.8 Å². The Morgan fingerprint density at radius 3 is 2.36 bits per heavy atom. The van der Waals surface area contributed by atoms with Crippen LogP contribution < -0.4 is 10.4 Å². The van der Waals surface area contributed by atoms with Gasteiger partial charge in [0.1, 0.15) is 16.9 Å². The minimum Gasteiger partial charge on any atom is -0.425 e. The number of ketones is 2. The third-order valence-electron chi connectivity index (χ3n) is 7.61. The Morgan fingerprint density at radius 2 is 1.61 bits per heavy atom. The highest BCUT2D eigenvalue weighted by atomic mass is 35.5. The first-order valence-corrected chi connectivity index (χ1v) is 11.9. The van der Waals surface area contributed by atoms with Crippen molar-refractivity contribution >= 4 is 40.1 Å². The number of rotatable bonds is 5. The Kier molecular flexibility index (Phi) is 4.82. The molecular formula is C29H19ClO6. The summed E-state index contributed by atoms with van der Waals surface area (Å²) in [5.41, 5.74) is -3.27. The number of fused-ring (bicyclic) bond motifs is 4. The fraction of sp³-hybridized carbons (Fsp3) is 0.172. The molecule has 0 N–H and O–H groups in total. The molecule has 6 rings (SSSR count). The number of hydrogen-bond donors (Lipinski definition) is 0. The van der Waals surface area contributed by atoms with Crippen molar-refractivity contribution in [1.82, 2.24) is 0 Å². The molecular weight excluding hydrogens is 480 g/mol. The van der Waals surface area contributed by atoms with Crippen LogP contribution in [0.5, 0.6) is 5.75 Å². The molecule has 0 radical (unpaired) electrons. The maximum atomic E-state index is 14.3. The largest absolute Gasteiger partial charge is 0.425 e. The summed E-state index contributed by atoms with van der Waals surface area (Å²) in [6.45, 7) is 1.76. The number of ether oxygens (including phenoxy) is 1. The summed E-state index contributed by atoms with van der Waals surface area (Å²) in [5, 5.41) is 0.986. The van der Waals surface area contributed by atoms with E-state index in [9.17, 15) is 19.2 Å². The summed E-state index contributed by atoms with van der Waals surface area (Å²) in [4.78, 5) is 55.1. The number of halogens is 1. The molecule has 1 aliphatic carbocycles. The normalized spacial score (nSPS) is 23.9. The predicted octanol–water partition coefficient (Wildman–Crippen LogP) is 5.61. The van der Waals surface area contributed by atoms with E-state index in [0.717, 1.165) is 0 Å². The first kappa shape index (κ1) is 22.4. The average molecular weight is 499 g/mol. The topological polar surface area (TPSA) is 90.7 Å². The first-order valence-electron chi connectivity index (χ1n) is 11.6. The van der Waals surface area contributed by atoms with Gasteiger partial charge in [-0.2, -0.15) is 0 Å². The van der Waals surface area contributed by atoms with Crippen molar-refractivity contribution in [3.05, 3.63) is 111 Å². The molecule has 1 saturated carbocycles. The van der Waals surface area contributed by atoms with E-state index in [4.69, 9.17) is 20.8 Å². The van der Waals surface area contributed by atoms with Crippen LogP contribution in [0.2, 0.25) is 5.02 Å². The van der Waals surface area contributed by atoms with Crippen LogP contribution in [-0.4, -0.2) is 17.5 Å². The van der Waals surface area contributed by atoms with Gasteiger partial charge < -0.3 is 9.15 Å². The van der Waals surface area contributed by atoms with Crippen molar-refractivity contribution < 1.29 is 23.5 Å². The molecule has 1 aromatic heterocycles. The van der Waals surface area contributed by atoms with Crippen LogP contribution in [0.25, 0.3) is 11.0 Å². The molecule has 0 spiro atoms. The van der Waals surface area contributed by atoms with Gasteiger partial charge >= 0.3 is 11.6 Å². The minimum atomic E-state index is -1.90. The van der Waals surface area contributed by atoms with E-state index in [1.54, 1.807) is 79.7 Å². The second-order valence-corrected chi connectivity index (χ2v) is 9.58. The molecule has 0 amide bonds. The van der Waals surface area contributed by atoms with Gasteiger partial charge in [0.2, 0.25) is 0 Å². The van der Waals surface area contributed by atoms with E-state index < -0.39 is 34.1 Å². The molecule has 0 saturated heterocycles. The Labute approximate surface area is 210 Å². The van der Waals surface area contributed by atoms with Gasteiger partial charge in [0.05, 0.1) is 5.41 Å². The number of carbonyl (C=O) groups is 3. The molecule has 6 nitrogen and oxygen atoms in total. The average Bonchev–Trinajstić information content (AvgIpc) is 3.54. The van der Waals surface area contributed by atoms with Crippen LogP contribution in [0.3, 0.4) is 0 Å². The van der Waals surface area contributed by atoms with Crippen molar-refractivity contribution in [3.63, 3.8) is 0 Å². The molecule has 0 bridgehead atoms. The van der Waals surface area contributed by atoms with Crippen molar-refractivity contribution in [2.45, 2.75) is 19.3 Å². The van der Waals surface area contributed by atoms with Gasteiger partial charge in [0.15, 0.2) is 17.0 Å². The second-order valence-electron chi connectivity index (χ2n) is 9.14. The zero-order valence-electron chi connectivity index (χ0n) is 19.1. The third-order valence-corrected chi connectivity index (χ3v) is 7.87. The molecule has 3 aromatic carbocycles. The van der Waals surface area contributed by atoms with Gasteiger partial charge in [-0.25, -0.2) is 4.79 Å². The summed E-state index contributed by atoms with van der Waals surface area (Å²) in [5.74, 6) is -2.47. The SMILES string of the molecule is CC[C@]1(C(=O)c2ccc(Cl)cc2)[C@@H]2c3ccccc3OC(=O)[C@@]21C(=O)c1cc2ccccc2oc1=O. The number of carbonyl (C=O) groups excluding carboxylic acids is 3. The third kappa shape index (κ3) is 2.73. The van der Waals surface area contributed by atoms with Crippen LogP contribution in [0.4, 0.5) is 0 Å². The highest BCUT2D eigenvalue weighted by molar-refractivity contribution is 6.31. The van der Waals surface area contributed by atoms with E-state index >= 15 is 0 Å². The fourth-order valence-electron chi connectivity index (χ4n) is 6.00. The van der Waals surface area contributed by atoms with Gasteiger partial charge in [-0.05, 0) is 48.9 Å². The Balaban J connectivity index is 1.60. The Hall–Kier alpha value is -4.03. The van der Waals surface area contributed by atoms with Gasteiger partial charge in [-0.3, -0.25) is 14.4 Å². The molecule has 2 aliphatic rings.